The number of rotatable bonds is 3. The van der Waals surface area contributed by atoms with Gasteiger partial charge in [-0.1, -0.05) is 35.1 Å². The monoisotopic (exact) mass is 275 g/mol. The number of sulfonamides is 1. The van der Waals surface area contributed by atoms with Gasteiger partial charge >= 0.3 is 0 Å². The lowest BCUT2D eigenvalue weighted by molar-refractivity contribution is 0.601. The number of nitrogens with zero attached hydrogens (tertiary/aromatic N) is 2. The van der Waals surface area contributed by atoms with Crippen molar-refractivity contribution >= 4 is 38.1 Å². The van der Waals surface area contributed by atoms with Gasteiger partial charge in [0.05, 0.1) is 5.02 Å². The number of anilines is 1. The summed E-state index contributed by atoms with van der Waals surface area (Å²) in [6.07, 6.45) is 0. The fourth-order valence-corrected chi connectivity index (χ4v) is 3.26. The van der Waals surface area contributed by atoms with Gasteiger partial charge < -0.3 is 0 Å². The number of hydrogen-bond donors (Lipinski definition) is 1. The first kappa shape index (κ1) is 11.3. The zero-order valence-corrected chi connectivity index (χ0v) is 10.2. The van der Waals surface area contributed by atoms with E-state index in [1.165, 1.54) is 17.6 Å². The number of aromatic nitrogens is 2. The third kappa shape index (κ3) is 2.31. The van der Waals surface area contributed by atoms with Crippen molar-refractivity contribution in [3.05, 3.63) is 34.8 Å². The summed E-state index contributed by atoms with van der Waals surface area (Å²) in [5.74, 6) is 0. The van der Waals surface area contributed by atoms with Crippen molar-refractivity contribution in [1.29, 1.82) is 0 Å². The van der Waals surface area contributed by atoms with Gasteiger partial charge in [0.25, 0.3) is 10.0 Å². The van der Waals surface area contributed by atoms with Gasteiger partial charge in [0, 0.05) is 0 Å². The molecule has 1 heterocycles. The standard InChI is InChI=1S/C8H6ClN3O2S2/c9-6-3-1-2-4-7(6)16(13,14)12-8-11-10-5-15-8/h1-5H,(H,11,12). The van der Waals surface area contributed by atoms with Crippen molar-refractivity contribution in [3.63, 3.8) is 0 Å². The second-order valence-corrected chi connectivity index (χ2v) is 5.67. The van der Waals surface area contributed by atoms with Crippen molar-refractivity contribution in [3.8, 4) is 0 Å². The number of hydrogen-bond acceptors (Lipinski definition) is 5. The predicted octanol–water partition coefficient (Wildman–Crippen LogP) is 1.99. The molecule has 0 saturated carbocycles. The first-order valence-corrected chi connectivity index (χ1v) is 6.87. The Kier molecular flexibility index (Phi) is 3.08. The van der Waals surface area contributed by atoms with Crippen LogP contribution in [0, 0.1) is 0 Å². The normalized spacial score (nSPS) is 11.3. The molecule has 0 unspecified atom stereocenters. The molecule has 84 valence electrons. The van der Waals surface area contributed by atoms with Crippen LogP contribution in [-0.4, -0.2) is 18.6 Å². The van der Waals surface area contributed by atoms with Crippen LogP contribution < -0.4 is 4.72 Å². The van der Waals surface area contributed by atoms with Crippen LogP contribution in [0.15, 0.2) is 34.7 Å². The van der Waals surface area contributed by atoms with Gasteiger partial charge in [-0.2, -0.15) is 0 Å². The van der Waals surface area contributed by atoms with Crippen molar-refractivity contribution in [2.75, 3.05) is 4.72 Å². The van der Waals surface area contributed by atoms with Crippen molar-refractivity contribution in [2.24, 2.45) is 0 Å². The molecular weight excluding hydrogens is 270 g/mol. The number of benzene rings is 1. The van der Waals surface area contributed by atoms with Gasteiger partial charge in [0.2, 0.25) is 5.13 Å². The van der Waals surface area contributed by atoms with E-state index in [0.717, 1.165) is 11.3 Å². The highest BCUT2D eigenvalue weighted by atomic mass is 35.5. The zero-order valence-electron chi connectivity index (χ0n) is 7.79. The Morgan fingerprint density at radius 1 is 1.31 bits per heavy atom. The van der Waals surface area contributed by atoms with E-state index in [4.69, 9.17) is 11.6 Å². The summed E-state index contributed by atoms with van der Waals surface area (Å²) in [6.45, 7) is 0. The van der Waals surface area contributed by atoms with Gasteiger partial charge in [-0.3, -0.25) is 4.72 Å². The molecule has 2 aromatic rings. The van der Waals surface area contributed by atoms with Gasteiger partial charge in [-0.15, -0.1) is 10.2 Å². The molecule has 5 nitrogen and oxygen atoms in total. The molecular formula is C8H6ClN3O2S2. The van der Waals surface area contributed by atoms with E-state index < -0.39 is 10.0 Å². The highest BCUT2D eigenvalue weighted by Crippen LogP contribution is 2.23. The molecule has 0 aliphatic rings. The average Bonchev–Trinajstić information content (AvgIpc) is 2.70. The van der Waals surface area contributed by atoms with Crippen LogP contribution in [0.3, 0.4) is 0 Å². The SMILES string of the molecule is O=S(=O)(Nc1nncs1)c1ccccc1Cl. The Labute approximate surface area is 101 Å². The maximum absolute atomic E-state index is 11.9. The molecule has 1 aromatic carbocycles. The summed E-state index contributed by atoms with van der Waals surface area (Å²) in [6, 6.07) is 6.19. The second kappa shape index (κ2) is 4.36. The molecule has 0 bridgehead atoms. The van der Waals surface area contributed by atoms with Crippen LogP contribution in [0.5, 0.6) is 0 Å². The Balaban J connectivity index is 2.37. The molecule has 0 fully saturated rings. The molecule has 8 heteroatoms. The largest absolute Gasteiger partial charge is 0.265 e. The second-order valence-electron chi connectivity index (χ2n) is 2.78. The van der Waals surface area contributed by atoms with Crippen molar-refractivity contribution in [2.45, 2.75) is 4.90 Å². The van der Waals surface area contributed by atoms with E-state index in [-0.39, 0.29) is 15.0 Å². The number of halogens is 1. The maximum atomic E-state index is 11.9. The summed E-state index contributed by atoms with van der Waals surface area (Å²) in [5.41, 5.74) is 1.43. The average molecular weight is 276 g/mol. The Bertz CT molecular complexity index is 583. The smallest absolute Gasteiger partial charge is 0.253 e. The summed E-state index contributed by atoms with van der Waals surface area (Å²) in [5, 5.41) is 7.50. The summed E-state index contributed by atoms with van der Waals surface area (Å²) >= 11 is 6.89. The van der Waals surface area contributed by atoms with Gasteiger partial charge in [-0.25, -0.2) is 8.42 Å². The van der Waals surface area contributed by atoms with E-state index >= 15 is 0 Å². The number of nitrogens with one attached hydrogen (secondary N) is 1. The molecule has 0 aliphatic carbocycles. The molecule has 0 radical (unpaired) electrons. The van der Waals surface area contributed by atoms with Gasteiger partial charge in [-0.05, 0) is 12.1 Å². The molecule has 0 amide bonds. The zero-order chi connectivity index (χ0) is 11.6. The maximum Gasteiger partial charge on any atom is 0.265 e. The van der Waals surface area contributed by atoms with E-state index in [9.17, 15) is 8.42 Å². The molecule has 16 heavy (non-hydrogen) atoms. The van der Waals surface area contributed by atoms with Crippen molar-refractivity contribution < 1.29 is 8.42 Å². The minimum absolute atomic E-state index is 0.0202. The van der Waals surface area contributed by atoms with Crippen LogP contribution in [0.2, 0.25) is 5.02 Å². The minimum Gasteiger partial charge on any atom is -0.253 e. The molecule has 0 saturated heterocycles. The highest BCUT2D eigenvalue weighted by molar-refractivity contribution is 7.93. The fraction of sp³-hybridized carbons (Fsp3) is 0. The molecule has 1 aromatic heterocycles. The summed E-state index contributed by atoms with van der Waals surface area (Å²) in [7, 11) is -3.69. The minimum atomic E-state index is -3.69. The third-order valence-corrected chi connectivity index (χ3v) is 4.28. The molecule has 2 rings (SSSR count). The quantitative estimate of drug-likeness (QED) is 0.930. The third-order valence-electron chi connectivity index (χ3n) is 1.71. The Morgan fingerprint density at radius 3 is 2.69 bits per heavy atom. The van der Waals surface area contributed by atoms with E-state index in [1.807, 2.05) is 0 Å². The van der Waals surface area contributed by atoms with Crippen LogP contribution in [0.25, 0.3) is 0 Å². The van der Waals surface area contributed by atoms with Crippen LogP contribution in [0.4, 0.5) is 5.13 Å². The lowest BCUT2D eigenvalue weighted by Gasteiger charge is -2.05. The van der Waals surface area contributed by atoms with E-state index in [0.29, 0.717) is 0 Å². The topological polar surface area (TPSA) is 72.0 Å². The first-order chi connectivity index (χ1) is 7.59. The van der Waals surface area contributed by atoms with Gasteiger partial charge in [0.1, 0.15) is 10.4 Å². The molecule has 1 N–H and O–H groups in total. The Morgan fingerprint density at radius 2 is 2.06 bits per heavy atom. The lowest BCUT2D eigenvalue weighted by atomic mass is 10.4. The molecule has 0 aliphatic heterocycles. The van der Waals surface area contributed by atoms with Crippen LogP contribution >= 0.6 is 22.9 Å². The lowest BCUT2D eigenvalue weighted by Crippen LogP contribution is -2.13. The van der Waals surface area contributed by atoms with Gasteiger partial charge in [0.15, 0.2) is 0 Å². The van der Waals surface area contributed by atoms with Crippen molar-refractivity contribution in [1.82, 2.24) is 10.2 Å². The van der Waals surface area contributed by atoms with E-state index in [2.05, 4.69) is 14.9 Å². The molecule has 0 spiro atoms. The summed E-state index contributed by atoms with van der Waals surface area (Å²) in [4.78, 5) is 0.0202. The summed E-state index contributed by atoms with van der Waals surface area (Å²) < 4.78 is 26.0. The van der Waals surface area contributed by atoms with Crippen LogP contribution in [-0.2, 0) is 10.0 Å². The first-order valence-electron chi connectivity index (χ1n) is 4.13. The van der Waals surface area contributed by atoms with E-state index in [1.54, 1.807) is 12.1 Å². The highest BCUT2D eigenvalue weighted by Gasteiger charge is 2.18. The predicted molar refractivity (Wildman–Crippen MR) is 62.2 cm³/mol. The fourth-order valence-electron chi connectivity index (χ4n) is 1.05. The Hall–Kier alpha value is -1.18. The molecule has 0 atom stereocenters. The van der Waals surface area contributed by atoms with Crippen LogP contribution in [0.1, 0.15) is 0 Å².